The molecule has 0 unspecified atom stereocenters. The first-order chi connectivity index (χ1) is 7.50. The molecule has 0 fully saturated rings. The van der Waals surface area contributed by atoms with Gasteiger partial charge < -0.3 is 9.52 Å². The molecular weight excluding hydrogens is 204 g/mol. The average Bonchev–Trinajstić information content (AvgIpc) is 2.20. The Kier molecular flexibility index (Phi) is 4.59. The molecule has 0 aliphatic carbocycles. The summed E-state index contributed by atoms with van der Waals surface area (Å²) in [6, 6.07) is 1.55. The molecule has 0 radical (unpaired) electrons. The first kappa shape index (κ1) is 12.8. The highest BCUT2D eigenvalue weighted by Gasteiger charge is 2.06. The van der Waals surface area contributed by atoms with E-state index in [0.717, 1.165) is 19.3 Å². The van der Waals surface area contributed by atoms with Gasteiger partial charge in [0.25, 0.3) is 0 Å². The predicted octanol–water partition coefficient (Wildman–Crippen LogP) is 3.02. The van der Waals surface area contributed by atoms with Crippen LogP contribution in [0.1, 0.15) is 44.4 Å². The second kappa shape index (κ2) is 5.73. The van der Waals surface area contributed by atoms with Crippen LogP contribution in [0.3, 0.4) is 0 Å². The predicted molar refractivity (Wildman–Crippen MR) is 63.8 cm³/mol. The van der Waals surface area contributed by atoms with Gasteiger partial charge in [-0.05, 0) is 19.3 Å². The molecule has 1 aromatic rings. The molecular formula is C13H20O3. The molecule has 0 bridgehead atoms. The summed E-state index contributed by atoms with van der Waals surface area (Å²) < 4.78 is 5.08. The van der Waals surface area contributed by atoms with Crippen molar-refractivity contribution in [2.24, 2.45) is 5.92 Å². The van der Waals surface area contributed by atoms with Crippen LogP contribution in [0.5, 0.6) is 5.75 Å². The van der Waals surface area contributed by atoms with Gasteiger partial charge in [0, 0.05) is 12.5 Å². The topological polar surface area (TPSA) is 50.4 Å². The Bertz CT molecular complexity index is 391. The van der Waals surface area contributed by atoms with E-state index in [1.165, 1.54) is 6.42 Å². The quantitative estimate of drug-likeness (QED) is 0.782. The summed E-state index contributed by atoms with van der Waals surface area (Å²) in [4.78, 5) is 11.3. The summed E-state index contributed by atoms with van der Waals surface area (Å²) >= 11 is 0. The summed E-state index contributed by atoms with van der Waals surface area (Å²) in [5.74, 6) is 1.32. The van der Waals surface area contributed by atoms with E-state index in [1.54, 1.807) is 13.0 Å². The minimum Gasteiger partial charge on any atom is -0.507 e. The second-order valence-corrected chi connectivity index (χ2v) is 4.65. The van der Waals surface area contributed by atoms with Crippen LogP contribution in [0.2, 0.25) is 0 Å². The Morgan fingerprint density at radius 1 is 1.38 bits per heavy atom. The molecule has 1 rings (SSSR count). The summed E-state index contributed by atoms with van der Waals surface area (Å²) in [7, 11) is 0. The van der Waals surface area contributed by atoms with Crippen LogP contribution in [0.15, 0.2) is 15.3 Å². The molecule has 0 atom stereocenters. The van der Waals surface area contributed by atoms with Gasteiger partial charge in [0.2, 0.25) is 0 Å². The standard InChI is InChI=1S/C13H20O3/c1-9(2)6-4-5-7-11-8-12(14)10(3)13(15)16-11/h8-9,14H,4-7H2,1-3H3. The van der Waals surface area contributed by atoms with Gasteiger partial charge in [-0.15, -0.1) is 0 Å². The molecule has 1 N–H and O–H groups in total. The average molecular weight is 224 g/mol. The normalized spacial score (nSPS) is 11.0. The van der Waals surface area contributed by atoms with Crippen LogP contribution in [-0.4, -0.2) is 5.11 Å². The lowest BCUT2D eigenvalue weighted by Crippen LogP contribution is -2.05. The lowest BCUT2D eigenvalue weighted by atomic mass is 10.0. The van der Waals surface area contributed by atoms with Crippen molar-refractivity contribution < 1.29 is 9.52 Å². The summed E-state index contributed by atoms with van der Waals surface area (Å²) in [5.41, 5.74) is -0.148. The lowest BCUT2D eigenvalue weighted by Gasteiger charge is -2.04. The highest BCUT2D eigenvalue weighted by Crippen LogP contribution is 2.16. The van der Waals surface area contributed by atoms with Gasteiger partial charge in [-0.2, -0.15) is 0 Å². The Labute approximate surface area is 96.1 Å². The molecule has 1 aromatic heterocycles. The molecule has 0 aliphatic rings. The second-order valence-electron chi connectivity index (χ2n) is 4.65. The number of rotatable bonds is 5. The van der Waals surface area contributed by atoms with Crippen molar-refractivity contribution in [3.05, 3.63) is 27.8 Å². The fourth-order valence-corrected chi connectivity index (χ4v) is 1.57. The Hall–Kier alpha value is -1.25. The van der Waals surface area contributed by atoms with Gasteiger partial charge >= 0.3 is 5.63 Å². The van der Waals surface area contributed by atoms with Crippen LogP contribution in [0, 0.1) is 12.8 Å². The third kappa shape index (κ3) is 3.72. The minimum atomic E-state index is -0.432. The number of hydrogen-bond acceptors (Lipinski definition) is 3. The Balaban J connectivity index is 2.52. The van der Waals surface area contributed by atoms with E-state index in [0.29, 0.717) is 11.7 Å². The molecule has 0 saturated carbocycles. The molecule has 3 nitrogen and oxygen atoms in total. The summed E-state index contributed by atoms with van der Waals surface area (Å²) in [6.45, 7) is 5.94. The highest BCUT2D eigenvalue weighted by molar-refractivity contribution is 5.28. The monoisotopic (exact) mass is 224 g/mol. The van der Waals surface area contributed by atoms with Gasteiger partial charge in [0.05, 0.1) is 5.56 Å². The first-order valence-corrected chi connectivity index (χ1v) is 5.83. The molecule has 0 saturated heterocycles. The third-order valence-electron chi connectivity index (χ3n) is 2.67. The lowest BCUT2D eigenvalue weighted by molar-refractivity contribution is 0.409. The number of aryl methyl sites for hydroxylation is 1. The van der Waals surface area contributed by atoms with Crippen LogP contribution >= 0.6 is 0 Å². The molecule has 0 aromatic carbocycles. The zero-order valence-electron chi connectivity index (χ0n) is 10.2. The number of aromatic hydroxyl groups is 1. The number of unbranched alkanes of at least 4 members (excludes halogenated alkanes) is 1. The van der Waals surface area contributed by atoms with E-state index in [4.69, 9.17) is 4.42 Å². The maximum atomic E-state index is 11.3. The van der Waals surface area contributed by atoms with Crippen molar-refractivity contribution in [3.63, 3.8) is 0 Å². The van der Waals surface area contributed by atoms with E-state index in [2.05, 4.69) is 13.8 Å². The minimum absolute atomic E-state index is 0.0371. The van der Waals surface area contributed by atoms with Crippen LogP contribution in [-0.2, 0) is 6.42 Å². The van der Waals surface area contributed by atoms with Gasteiger partial charge in [0.1, 0.15) is 11.5 Å². The van der Waals surface area contributed by atoms with Crippen LogP contribution < -0.4 is 5.63 Å². The number of hydrogen-bond donors (Lipinski definition) is 1. The molecule has 0 aliphatic heterocycles. The maximum absolute atomic E-state index is 11.3. The Morgan fingerprint density at radius 2 is 2.06 bits per heavy atom. The van der Waals surface area contributed by atoms with E-state index < -0.39 is 5.63 Å². The van der Waals surface area contributed by atoms with E-state index >= 15 is 0 Å². The van der Waals surface area contributed by atoms with Crippen LogP contribution in [0.4, 0.5) is 0 Å². The van der Waals surface area contributed by atoms with Crippen molar-refractivity contribution in [2.75, 3.05) is 0 Å². The fraction of sp³-hybridized carbons (Fsp3) is 0.615. The van der Waals surface area contributed by atoms with Gasteiger partial charge in [0.15, 0.2) is 0 Å². The van der Waals surface area contributed by atoms with Gasteiger partial charge in [-0.25, -0.2) is 4.79 Å². The van der Waals surface area contributed by atoms with Crippen molar-refractivity contribution in [3.8, 4) is 5.75 Å². The van der Waals surface area contributed by atoms with Gasteiger partial charge in [-0.3, -0.25) is 0 Å². The summed E-state index contributed by atoms with van der Waals surface area (Å²) in [6.07, 6.45) is 4.01. The highest BCUT2D eigenvalue weighted by atomic mass is 16.4. The van der Waals surface area contributed by atoms with Crippen molar-refractivity contribution >= 4 is 0 Å². The van der Waals surface area contributed by atoms with E-state index in [-0.39, 0.29) is 11.3 Å². The molecule has 0 amide bonds. The fourth-order valence-electron chi connectivity index (χ4n) is 1.57. The van der Waals surface area contributed by atoms with Crippen molar-refractivity contribution in [1.29, 1.82) is 0 Å². The van der Waals surface area contributed by atoms with Crippen molar-refractivity contribution in [2.45, 2.75) is 46.5 Å². The largest absolute Gasteiger partial charge is 0.507 e. The molecule has 0 spiro atoms. The van der Waals surface area contributed by atoms with Crippen LogP contribution in [0.25, 0.3) is 0 Å². The van der Waals surface area contributed by atoms with E-state index in [1.807, 2.05) is 0 Å². The first-order valence-electron chi connectivity index (χ1n) is 5.83. The maximum Gasteiger partial charge on any atom is 0.342 e. The van der Waals surface area contributed by atoms with Crippen molar-refractivity contribution in [1.82, 2.24) is 0 Å². The zero-order chi connectivity index (χ0) is 12.1. The molecule has 16 heavy (non-hydrogen) atoms. The third-order valence-corrected chi connectivity index (χ3v) is 2.67. The summed E-state index contributed by atoms with van der Waals surface area (Å²) in [5, 5.41) is 9.47. The van der Waals surface area contributed by atoms with E-state index in [9.17, 15) is 9.90 Å². The van der Waals surface area contributed by atoms with Gasteiger partial charge in [-0.1, -0.05) is 26.7 Å². The Morgan fingerprint density at radius 3 is 2.62 bits per heavy atom. The molecule has 1 heterocycles. The molecule has 3 heteroatoms. The SMILES string of the molecule is Cc1c(O)cc(CCCCC(C)C)oc1=O. The smallest absolute Gasteiger partial charge is 0.342 e. The zero-order valence-corrected chi connectivity index (χ0v) is 10.2. The molecule has 90 valence electrons.